The fraction of sp³-hybridized carbons (Fsp3) is 0.263. The van der Waals surface area contributed by atoms with Crippen molar-refractivity contribution in [1.82, 2.24) is 24.1 Å². The standard InChI is InChI=1S/C19H19N5O2/c1-12(2)10-23-9-8-14-16(18(23)25)17(24-19(22-14)20-11-21-24)13-6-4-5-7-15(13)26-3/h4-9,11-12H,10H2,1-3H3. The molecule has 0 N–H and O–H groups in total. The van der Waals surface area contributed by atoms with Crippen LogP contribution in [0.3, 0.4) is 0 Å². The minimum Gasteiger partial charge on any atom is -0.496 e. The lowest BCUT2D eigenvalue weighted by Crippen LogP contribution is -2.23. The third-order valence-electron chi connectivity index (χ3n) is 4.27. The summed E-state index contributed by atoms with van der Waals surface area (Å²) in [5.41, 5.74) is 1.92. The van der Waals surface area contributed by atoms with Crippen molar-refractivity contribution in [3.05, 3.63) is 53.2 Å². The molecule has 0 saturated carbocycles. The van der Waals surface area contributed by atoms with Crippen molar-refractivity contribution in [3.8, 4) is 17.0 Å². The fourth-order valence-electron chi connectivity index (χ4n) is 3.19. The molecule has 0 spiro atoms. The van der Waals surface area contributed by atoms with E-state index in [0.717, 1.165) is 5.56 Å². The predicted molar refractivity (Wildman–Crippen MR) is 99.4 cm³/mol. The molecule has 0 aliphatic carbocycles. The van der Waals surface area contributed by atoms with Crippen LogP contribution in [0.15, 0.2) is 47.7 Å². The number of hydrogen-bond acceptors (Lipinski definition) is 5. The number of ether oxygens (including phenoxy) is 1. The number of methoxy groups -OCH3 is 1. The third kappa shape index (κ3) is 2.52. The van der Waals surface area contributed by atoms with Crippen LogP contribution in [0, 0.1) is 5.92 Å². The minimum absolute atomic E-state index is 0.0954. The van der Waals surface area contributed by atoms with E-state index in [2.05, 4.69) is 28.9 Å². The molecule has 7 heteroatoms. The molecule has 0 aliphatic rings. The highest BCUT2D eigenvalue weighted by Crippen LogP contribution is 2.32. The number of pyridine rings is 1. The van der Waals surface area contributed by atoms with Gasteiger partial charge in [-0.25, -0.2) is 4.98 Å². The fourth-order valence-corrected chi connectivity index (χ4v) is 3.19. The van der Waals surface area contributed by atoms with E-state index in [1.54, 1.807) is 22.4 Å². The van der Waals surface area contributed by atoms with E-state index in [4.69, 9.17) is 4.74 Å². The summed E-state index contributed by atoms with van der Waals surface area (Å²) >= 11 is 0. The van der Waals surface area contributed by atoms with Gasteiger partial charge in [-0.1, -0.05) is 26.0 Å². The summed E-state index contributed by atoms with van der Waals surface area (Å²) in [5, 5.41) is 4.80. The SMILES string of the molecule is COc1ccccc1-c1c2c(=O)n(CC(C)C)ccc2nc2ncnn12. The first-order valence-corrected chi connectivity index (χ1v) is 8.46. The van der Waals surface area contributed by atoms with E-state index in [-0.39, 0.29) is 5.56 Å². The summed E-state index contributed by atoms with van der Waals surface area (Å²) in [6.07, 6.45) is 3.23. The van der Waals surface area contributed by atoms with Crippen molar-refractivity contribution in [2.45, 2.75) is 20.4 Å². The van der Waals surface area contributed by atoms with Crippen LogP contribution in [-0.4, -0.2) is 31.3 Å². The summed E-state index contributed by atoms with van der Waals surface area (Å²) in [7, 11) is 1.61. The second kappa shape index (κ2) is 6.25. The molecule has 0 bridgehead atoms. The molecule has 0 radical (unpaired) electrons. The van der Waals surface area contributed by atoms with Crippen molar-refractivity contribution in [3.63, 3.8) is 0 Å². The molecule has 4 aromatic rings. The van der Waals surface area contributed by atoms with Crippen molar-refractivity contribution in [2.24, 2.45) is 5.92 Å². The van der Waals surface area contributed by atoms with Gasteiger partial charge in [0.05, 0.1) is 23.7 Å². The summed E-state index contributed by atoms with van der Waals surface area (Å²) in [6, 6.07) is 9.42. The predicted octanol–water partition coefficient (Wildman–Crippen LogP) is 2.77. The van der Waals surface area contributed by atoms with Crippen LogP contribution >= 0.6 is 0 Å². The Balaban J connectivity index is 2.16. The molecule has 0 amide bonds. The lowest BCUT2D eigenvalue weighted by molar-refractivity contribution is 0.416. The molecule has 4 rings (SSSR count). The van der Waals surface area contributed by atoms with Gasteiger partial charge in [-0.2, -0.15) is 14.6 Å². The normalized spacial score (nSPS) is 11.5. The zero-order valence-electron chi connectivity index (χ0n) is 14.9. The van der Waals surface area contributed by atoms with Crippen molar-refractivity contribution >= 4 is 16.7 Å². The number of rotatable bonds is 4. The summed E-state index contributed by atoms with van der Waals surface area (Å²) < 4.78 is 8.84. The van der Waals surface area contributed by atoms with Gasteiger partial charge in [0.25, 0.3) is 11.3 Å². The highest BCUT2D eigenvalue weighted by atomic mass is 16.5. The molecule has 0 fully saturated rings. The van der Waals surface area contributed by atoms with E-state index in [1.165, 1.54) is 6.33 Å². The first kappa shape index (κ1) is 16.3. The van der Waals surface area contributed by atoms with Crippen LogP contribution in [0.5, 0.6) is 5.75 Å². The molecule has 0 aliphatic heterocycles. The quantitative estimate of drug-likeness (QED) is 0.566. The minimum atomic E-state index is -0.0954. The maximum absolute atomic E-state index is 13.2. The van der Waals surface area contributed by atoms with E-state index < -0.39 is 0 Å². The van der Waals surface area contributed by atoms with Crippen LogP contribution in [0.25, 0.3) is 27.9 Å². The molecule has 0 saturated heterocycles. The molecule has 0 unspecified atom stereocenters. The Bertz CT molecular complexity index is 1160. The molecule has 132 valence electrons. The number of fused-ring (bicyclic) bond motifs is 2. The van der Waals surface area contributed by atoms with Crippen molar-refractivity contribution in [2.75, 3.05) is 7.11 Å². The number of para-hydroxylation sites is 1. The third-order valence-corrected chi connectivity index (χ3v) is 4.27. The summed E-state index contributed by atoms with van der Waals surface area (Å²) in [4.78, 5) is 21.9. The average molecular weight is 349 g/mol. The van der Waals surface area contributed by atoms with Crippen LogP contribution in [-0.2, 0) is 6.54 Å². The number of benzene rings is 1. The smallest absolute Gasteiger partial charge is 0.262 e. The Morgan fingerprint density at radius 2 is 2.00 bits per heavy atom. The molecular weight excluding hydrogens is 330 g/mol. The zero-order chi connectivity index (χ0) is 18.3. The van der Waals surface area contributed by atoms with Gasteiger partial charge in [-0.3, -0.25) is 4.79 Å². The molecule has 26 heavy (non-hydrogen) atoms. The average Bonchev–Trinajstić information content (AvgIpc) is 3.10. The van der Waals surface area contributed by atoms with Crippen molar-refractivity contribution < 1.29 is 4.74 Å². The lowest BCUT2D eigenvalue weighted by Gasteiger charge is -2.14. The van der Waals surface area contributed by atoms with Crippen LogP contribution in [0.2, 0.25) is 0 Å². The number of nitrogens with zero attached hydrogens (tertiary/aromatic N) is 5. The van der Waals surface area contributed by atoms with Gasteiger partial charge in [-0.15, -0.1) is 0 Å². The van der Waals surface area contributed by atoms with Gasteiger partial charge >= 0.3 is 0 Å². The molecule has 7 nitrogen and oxygen atoms in total. The van der Waals surface area contributed by atoms with Crippen LogP contribution in [0.4, 0.5) is 0 Å². The van der Waals surface area contributed by atoms with Crippen LogP contribution < -0.4 is 10.3 Å². The van der Waals surface area contributed by atoms with E-state index in [9.17, 15) is 4.79 Å². The topological polar surface area (TPSA) is 74.3 Å². The van der Waals surface area contributed by atoms with Gasteiger partial charge in [-0.05, 0) is 24.1 Å². The Hall–Kier alpha value is -3.22. The number of aromatic nitrogens is 5. The summed E-state index contributed by atoms with van der Waals surface area (Å²) in [5.74, 6) is 1.46. The first-order valence-electron chi connectivity index (χ1n) is 8.46. The largest absolute Gasteiger partial charge is 0.496 e. The molecule has 3 heterocycles. The monoisotopic (exact) mass is 349 g/mol. The zero-order valence-corrected chi connectivity index (χ0v) is 14.9. The molecule has 0 atom stereocenters. The van der Waals surface area contributed by atoms with Gasteiger partial charge in [0.15, 0.2) is 0 Å². The molecular formula is C19H19N5O2. The second-order valence-electron chi connectivity index (χ2n) is 6.56. The van der Waals surface area contributed by atoms with Gasteiger partial charge in [0.1, 0.15) is 12.1 Å². The maximum Gasteiger partial charge on any atom is 0.262 e. The van der Waals surface area contributed by atoms with Gasteiger partial charge in [0, 0.05) is 18.3 Å². The van der Waals surface area contributed by atoms with Gasteiger partial charge in [0.2, 0.25) is 0 Å². The van der Waals surface area contributed by atoms with Crippen LogP contribution in [0.1, 0.15) is 13.8 Å². The lowest BCUT2D eigenvalue weighted by atomic mass is 10.1. The Labute approximate surface area is 149 Å². The highest BCUT2D eigenvalue weighted by molar-refractivity contribution is 5.94. The van der Waals surface area contributed by atoms with Gasteiger partial charge < -0.3 is 9.30 Å². The molecule has 1 aromatic carbocycles. The van der Waals surface area contributed by atoms with Crippen molar-refractivity contribution in [1.29, 1.82) is 0 Å². The summed E-state index contributed by atoms with van der Waals surface area (Å²) in [6.45, 7) is 4.79. The second-order valence-corrected chi connectivity index (χ2v) is 6.56. The number of hydrogen-bond donors (Lipinski definition) is 0. The van der Waals surface area contributed by atoms with E-state index in [1.807, 2.05) is 30.3 Å². The highest BCUT2D eigenvalue weighted by Gasteiger charge is 2.19. The van der Waals surface area contributed by atoms with E-state index in [0.29, 0.717) is 40.6 Å². The first-order chi connectivity index (χ1) is 12.6. The maximum atomic E-state index is 13.2. The molecule has 3 aromatic heterocycles. The Morgan fingerprint density at radius 3 is 2.77 bits per heavy atom. The Kier molecular flexibility index (Phi) is 3.91. The van der Waals surface area contributed by atoms with E-state index >= 15 is 0 Å². The Morgan fingerprint density at radius 1 is 1.19 bits per heavy atom.